The highest BCUT2D eigenvalue weighted by Crippen LogP contribution is 2.64. The second kappa shape index (κ2) is 11.9. The Balaban J connectivity index is 1.10. The summed E-state index contributed by atoms with van der Waals surface area (Å²) in [5, 5.41) is 0. The molecule has 0 atom stereocenters. The first-order valence-electron chi connectivity index (χ1n) is 21.5. The van der Waals surface area contributed by atoms with Gasteiger partial charge in [0, 0.05) is 16.7 Å². The number of hydrogen-bond acceptors (Lipinski definition) is 0. The third-order valence-corrected chi connectivity index (χ3v) is 15.0. The largest absolute Gasteiger partial charge is 0.0725 e. The predicted octanol–water partition coefficient (Wildman–Crippen LogP) is 14.6. The van der Waals surface area contributed by atoms with Crippen molar-refractivity contribution in [2.75, 3.05) is 0 Å². The molecule has 1 spiro atoms. The Morgan fingerprint density at radius 1 is 0.356 bits per heavy atom. The second-order valence-corrected chi connectivity index (χ2v) is 18.9. The van der Waals surface area contributed by atoms with Gasteiger partial charge in [-0.05, 0) is 126 Å². The fourth-order valence-corrected chi connectivity index (χ4v) is 12.3. The van der Waals surface area contributed by atoms with Gasteiger partial charge in [0.05, 0.1) is 5.41 Å². The van der Waals surface area contributed by atoms with Crippen molar-refractivity contribution in [1.29, 1.82) is 0 Å². The van der Waals surface area contributed by atoms with Crippen LogP contribution in [0, 0.1) is 13.8 Å². The van der Waals surface area contributed by atoms with Gasteiger partial charge in [-0.15, -0.1) is 0 Å². The summed E-state index contributed by atoms with van der Waals surface area (Å²) >= 11 is 0. The molecular formula is C59H48. The zero-order valence-corrected chi connectivity index (χ0v) is 34.9. The first-order chi connectivity index (χ1) is 28.6. The quantitative estimate of drug-likeness (QED) is 0.168. The lowest BCUT2D eigenvalue weighted by molar-refractivity contribution is 0.654. The third kappa shape index (κ3) is 4.50. The average molecular weight is 757 g/mol. The van der Waals surface area contributed by atoms with Crippen LogP contribution in [0.5, 0.6) is 0 Å². The lowest BCUT2D eigenvalue weighted by Crippen LogP contribution is -2.26. The van der Waals surface area contributed by atoms with Crippen LogP contribution in [0.3, 0.4) is 0 Å². The summed E-state index contributed by atoms with van der Waals surface area (Å²) in [4.78, 5) is 0. The van der Waals surface area contributed by atoms with Gasteiger partial charge in [-0.1, -0.05) is 203 Å². The summed E-state index contributed by atoms with van der Waals surface area (Å²) in [5.41, 5.74) is 28.7. The molecule has 0 heterocycles. The molecule has 8 aromatic carbocycles. The van der Waals surface area contributed by atoms with Gasteiger partial charge in [0.1, 0.15) is 0 Å². The normalized spacial score (nSPS) is 15.9. The number of rotatable bonds is 4. The van der Waals surface area contributed by atoms with Gasteiger partial charge in [0.15, 0.2) is 0 Å². The summed E-state index contributed by atoms with van der Waals surface area (Å²) < 4.78 is 0. The van der Waals surface area contributed by atoms with Crippen molar-refractivity contribution in [3.63, 3.8) is 0 Å². The van der Waals surface area contributed by atoms with Gasteiger partial charge in [0.2, 0.25) is 0 Å². The van der Waals surface area contributed by atoms with E-state index in [-0.39, 0.29) is 22.2 Å². The van der Waals surface area contributed by atoms with Crippen molar-refractivity contribution in [2.24, 2.45) is 0 Å². The first-order valence-corrected chi connectivity index (χ1v) is 21.5. The molecule has 284 valence electrons. The number of fused-ring (bicyclic) bond motifs is 16. The zero-order chi connectivity index (χ0) is 40.0. The van der Waals surface area contributed by atoms with Crippen LogP contribution in [0.2, 0.25) is 0 Å². The Kier molecular flexibility index (Phi) is 7.03. The number of hydrogen-bond donors (Lipinski definition) is 0. The van der Waals surface area contributed by atoms with E-state index in [0.29, 0.717) is 0 Å². The van der Waals surface area contributed by atoms with E-state index in [1.54, 1.807) is 0 Å². The maximum absolute atomic E-state index is 2.57. The van der Waals surface area contributed by atoms with E-state index in [4.69, 9.17) is 0 Å². The minimum atomic E-state index is -0.368. The lowest BCUT2D eigenvalue weighted by Gasteiger charge is -2.31. The summed E-state index contributed by atoms with van der Waals surface area (Å²) in [5.74, 6) is 0.143. The molecule has 12 rings (SSSR count). The van der Waals surface area contributed by atoms with Crippen LogP contribution in [-0.2, 0) is 22.7 Å². The highest BCUT2D eigenvalue weighted by Gasteiger charge is 2.52. The van der Waals surface area contributed by atoms with Crippen LogP contribution in [0.15, 0.2) is 164 Å². The molecule has 0 saturated carbocycles. The average Bonchev–Trinajstić information content (AvgIpc) is 3.87. The molecule has 59 heavy (non-hydrogen) atoms. The van der Waals surface area contributed by atoms with Crippen molar-refractivity contribution in [3.05, 3.63) is 236 Å². The maximum Gasteiger partial charge on any atom is 0.0725 e. The Morgan fingerprint density at radius 2 is 0.780 bits per heavy atom. The van der Waals surface area contributed by atoms with Crippen molar-refractivity contribution in [2.45, 2.75) is 70.1 Å². The molecule has 0 radical (unpaired) electrons. The standard InChI is InChI=1S/C59H48/c1-35-23-26-46-54(30-35)59(50-21-13-9-17-42(50)43-18-10-14-22-51(43)59)55-31-36(2)29-39(56(46)55)32-47(37-24-27-44-40-15-7-11-19-48(40)57(3,4)52(44)33-37)38-25-28-45-41-16-8-12-20-49(41)58(5,6)53(45)34-38/h7-31,33-34,47H,32H2,1-6H3. The van der Waals surface area contributed by atoms with Crippen molar-refractivity contribution < 1.29 is 0 Å². The van der Waals surface area contributed by atoms with Crippen LogP contribution < -0.4 is 0 Å². The molecule has 4 aliphatic rings. The Labute approximate surface area is 349 Å². The summed E-state index contributed by atoms with van der Waals surface area (Å²) in [6, 6.07) is 63.6. The summed E-state index contributed by atoms with van der Waals surface area (Å²) in [6.07, 6.45) is 0.898. The fourth-order valence-electron chi connectivity index (χ4n) is 12.3. The van der Waals surface area contributed by atoms with Crippen LogP contribution in [-0.4, -0.2) is 0 Å². The van der Waals surface area contributed by atoms with E-state index in [0.717, 1.165) is 6.42 Å². The van der Waals surface area contributed by atoms with E-state index in [2.05, 4.69) is 205 Å². The van der Waals surface area contributed by atoms with E-state index in [9.17, 15) is 0 Å². The molecule has 0 amide bonds. The number of benzene rings is 8. The van der Waals surface area contributed by atoms with Gasteiger partial charge in [-0.2, -0.15) is 0 Å². The molecule has 0 fully saturated rings. The molecule has 0 aliphatic heterocycles. The summed E-state index contributed by atoms with van der Waals surface area (Å²) in [6.45, 7) is 14.2. The molecule has 0 aromatic heterocycles. The van der Waals surface area contributed by atoms with E-state index in [1.165, 1.54) is 117 Å². The van der Waals surface area contributed by atoms with Gasteiger partial charge < -0.3 is 0 Å². The SMILES string of the molecule is Cc1ccc2c(c1)C1(c3ccccc3-c3ccccc31)c1cc(C)cc(CC(c3ccc4c(c3)C(C)(C)c3ccccc3-4)c3ccc4c(c3)C(C)(C)c3ccccc3-4)c1-2. The van der Waals surface area contributed by atoms with E-state index >= 15 is 0 Å². The maximum atomic E-state index is 2.57. The van der Waals surface area contributed by atoms with Crippen molar-refractivity contribution in [3.8, 4) is 44.5 Å². The lowest BCUT2D eigenvalue weighted by atomic mass is 9.70. The minimum Gasteiger partial charge on any atom is -0.0619 e. The smallest absolute Gasteiger partial charge is 0.0619 e. The molecular weight excluding hydrogens is 709 g/mol. The first kappa shape index (κ1) is 34.8. The minimum absolute atomic E-state index is 0.0783. The monoisotopic (exact) mass is 756 g/mol. The predicted molar refractivity (Wildman–Crippen MR) is 246 cm³/mol. The van der Waals surface area contributed by atoms with Crippen molar-refractivity contribution >= 4 is 0 Å². The van der Waals surface area contributed by atoms with Crippen LogP contribution >= 0.6 is 0 Å². The Morgan fingerprint density at radius 3 is 1.31 bits per heavy atom. The Hall–Kier alpha value is -6.24. The molecule has 8 aromatic rings. The molecule has 0 unspecified atom stereocenters. The fraction of sp³-hybridized carbons (Fsp3) is 0.186. The second-order valence-electron chi connectivity index (χ2n) is 18.9. The van der Waals surface area contributed by atoms with E-state index < -0.39 is 0 Å². The highest BCUT2D eigenvalue weighted by atomic mass is 14.5. The third-order valence-electron chi connectivity index (χ3n) is 15.0. The van der Waals surface area contributed by atoms with Gasteiger partial charge in [-0.25, -0.2) is 0 Å². The van der Waals surface area contributed by atoms with Gasteiger partial charge in [0.25, 0.3) is 0 Å². The topological polar surface area (TPSA) is 0 Å². The van der Waals surface area contributed by atoms with Crippen LogP contribution in [0.25, 0.3) is 44.5 Å². The number of aryl methyl sites for hydroxylation is 2. The molecule has 0 heteroatoms. The van der Waals surface area contributed by atoms with Crippen molar-refractivity contribution in [1.82, 2.24) is 0 Å². The molecule has 0 saturated heterocycles. The zero-order valence-electron chi connectivity index (χ0n) is 34.9. The summed E-state index contributed by atoms with van der Waals surface area (Å²) in [7, 11) is 0. The highest BCUT2D eigenvalue weighted by molar-refractivity contribution is 5.96. The van der Waals surface area contributed by atoms with E-state index in [1.807, 2.05) is 0 Å². The van der Waals surface area contributed by atoms with Crippen LogP contribution in [0.1, 0.15) is 106 Å². The van der Waals surface area contributed by atoms with Gasteiger partial charge >= 0.3 is 0 Å². The Bertz CT molecular complexity index is 2960. The van der Waals surface area contributed by atoms with Crippen LogP contribution in [0.4, 0.5) is 0 Å². The molecule has 0 N–H and O–H groups in total. The molecule has 4 aliphatic carbocycles. The molecule has 0 bridgehead atoms. The van der Waals surface area contributed by atoms with Gasteiger partial charge in [-0.3, -0.25) is 0 Å². The molecule has 0 nitrogen and oxygen atoms in total.